The number of hydrogen-bond acceptors (Lipinski definition) is 4. The van der Waals surface area contributed by atoms with Crippen molar-refractivity contribution in [2.75, 3.05) is 11.4 Å². The molecule has 0 unspecified atom stereocenters. The van der Waals surface area contributed by atoms with Gasteiger partial charge in [0.15, 0.2) is 0 Å². The molecular weight excluding hydrogens is 414 g/mol. The second-order valence-electron chi connectivity index (χ2n) is 8.93. The minimum atomic E-state index is -0.261. The summed E-state index contributed by atoms with van der Waals surface area (Å²) in [6.07, 6.45) is 4.29. The maximum atomic E-state index is 6.10. The van der Waals surface area contributed by atoms with Crippen molar-refractivity contribution in [3.8, 4) is 11.5 Å². The van der Waals surface area contributed by atoms with Gasteiger partial charge in [0, 0.05) is 16.1 Å². The molecule has 1 heterocycles. The van der Waals surface area contributed by atoms with E-state index in [1.807, 2.05) is 0 Å². The van der Waals surface area contributed by atoms with Crippen molar-refractivity contribution in [1.29, 1.82) is 0 Å². The van der Waals surface area contributed by atoms with Crippen LogP contribution in [0.1, 0.15) is 50.3 Å². The summed E-state index contributed by atoms with van der Waals surface area (Å²) in [5.41, 5.74) is 4.51. The number of benzene rings is 3. The quantitative estimate of drug-likeness (QED) is 0.347. The molecule has 1 aliphatic rings. The molecule has 4 rings (SSSR count). The summed E-state index contributed by atoms with van der Waals surface area (Å²) in [7, 11) is 1.74. The Morgan fingerprint density at radius 1 is 1.00 bits per heavy atom. The van der Waals surface area contributed by atoms with Gasteiger partial charge in [-0.15, -0.1) is 0 Å². The lowest BCUT2D eigenvalue weighted by Crippen LogP contribution is -2.27. The Morgan fingerprint density at radius 3 is 2.50 bits per heavy atom. The summed E-state index contributed by atoms with van der Waals surface area (Å²) < 4.78 is 14.0. The fourth-order valence-electron chi connectivity index (χ4n) is 3.81. The molecule has 0 saturated heterocycles. The van der Waals surface area contributed by atoms with E-state index in [9.17, 15) is 0 Å². The zero-order chi connectivity index (χ0) is 22.7. The van der Waals surface area contributed by atoms with Crippen LogP contribution >= 0.6 is 11.9 Å². The first-order chi connectivity index (χ1) is 15.3. The Labute approximate surface area is 196 Å². The standard InChI is InChI=1S/C28H31NO2S/c1-20(2)25-18-24(12-14-27(25)30-5)32-29(23-9-7-6-8-10-23)19-21-11-13-26-22(17-21)15-16-28(3,4)31-26/h6-18,20H,19H2,1-5H3. The smallest absolute Gasteiger partial charge is 0.127 e. The molecule has 0 atom stereocenters. The van der Waals surface area contributed by atoms with Gasteiger partial charge in [0.05, 0.1) is 13.7 Å². The zero-order valence-corrected chi connectivity index (χ0v) is 20.3. The molecule has 3 aromatic carbocycles. The van der Waals surface area contributed by atoms with Gasteiger partial charge in [-0.05, 0) is 91.4 Å². The average Bonchev–Trinajstić information content (AvgIpc) is 2.78. The summed E-state index contributed by atoms with van der Waals surface area (Å²) in [5.74, 6) is 2.28. The number of methoxy groups -OCH3 is 1. The Balaban J connectivity index is 1.63. The summed E-state index contributed by atoms with van der Waals surface area (Å²) in [5, 5.41) is 0. The van der Waals surface area contributed by atoms with Gasteiger partial charge in [-0.3, -0.25) is 0 Å². The predicted molar refractivity (Wildman–Crippen MR) is 136 cm³/mol. The molecule has 0 fully saturated rings. The van der Waals surface area contributed by atoms with E-state index in [1.165, 1.54) is 21.7 Å². The SMILES string of the molecule is COc1ccc(SN(Cc2ccc3c(c2)C=CC(C)(C)O3)c2ccccc2)cc1C(C)C. The van der Waals surface area contributed by atoms with Crippen molar-refractivity contribution in [3.05, 3.63) is 89.5 Å². The lowest BCUT2D eigenvalue weighted by Gasteiger charge is -2.29. The summed E-state index contributed by atoms with van der Waals surface area (Å²) in [6, 6.07) is 23.5. The van der Waals surface area contributed by atoms with Gasteiger partial charge in [-0.25, -0.2) is 0 Å². The summed E-state index contributed by atoms with van der Waals surface area (Å²) in [4.78, 5) is 1.20. The van der Waals surface area contributed by atoms with E-state index in [4.69, 9.17) is 9.47 Å². The third kappa shape index (κ3) is 5.13. The highest BCUT2D eigenvalue weighted by Gasteiger charge is 2.22. The van der Waals surface area contributed by atoms with E-state index in [0.29, 0.717) is 5.92 Å². The van der Waals surface area contributed by atoms with E-state index >= 15 is 0 Å². The Bertz CT molecular complexity index is 1110. The maximum absolute atomic E-state index is 6.10. The number of hydrogen-bond donors (Lipinski definition) is 0. The molecule has 4 heteroatoms. The number of nitrogens with zero attached hydrogens (tertiary/aromatic N) is 1. The monoisotopic (exact) mass is 445 g/mol. The summed E-state index contributed by atoms with van der Waals surface area (Å²) >= 11 is 1.75. The van der Waals surface area contributed by atoms with Gasteiger partial charge in [0.25, 0.3) is 0 Å². The van der Waals surface area contributed by atoms with Crippen molar-refractivity contribution in [2.45, 2.75) is 50.7 Å². The van der Waals surface area contributed by atoms with E-state index in [0.717, 1.165) is 23.6 Å². The molecule has 3 aromatic rings. The molecule has 0 N–H and O–H groups in total. The second-order valence-corrected chi connectivity index (χ2v) is 10.0. The molecule has 0 bridgehead atoms. The van der Waals surface area contributed by atoms with Gasteiger partial charge in [-0.2, -0.15) is 0 Å². The van der Waals surface area contributed by atoms with Gasteiger partial charge in [-0.1, -0.05) is 44.2 Å². The van der Waals surface area contributed by atoms with Crippen LogP contribution < -0.4 is 13.8 Å². The molecule has 3 nitrogen and oxygen atoms in total. The first kappa shape index (κ1) is 22.3. The normalized spacial score (nSPS) is 14.1. The molecule has 0 aliphatic carbocycles. The van der Waals surface area contributed by atoms with Crippen LogP contribution in [-0.2, 0) is 6.54 Å². The predicted octanol–water partition coefficient (Wildman–Crippen LogP) is 7.72. The topological polar surface area (TPSA) is 21.7 Å². The van der Waals surface area contributed by atoms with E-state index < -0.39 is 0 Å². The average molecular weight is 446 g/mol. The molecule has 0 aromatic heterocycles. The highest BCUT2D eigenvalue weighted by Crippen LogP contribution is 2.37. The largest absolute Gasteiger partial charge is 0.496 e. The van der Waals surface area contributed by atoms with Gasteiger partial charge >= 0.3 is 0 Å². The minimum absolute atomic E-state index is 0.261. The Hall–Kier alpha value is -2.85. The lowest BCUT2D eigenvalue weighted by molar-refractivity contribution is 0.159. The first-order valence-corrected chi connectivity index (χ1v) is 11.8. The van der Waals surface area contributed by atoms with E-state index in [1.54, 1.807) is 19.1 Å². The van der Waals surface area contributed by atoms with Gasteiger partial charge < -0.3 is 13.8 Å². The number of fused-ring (bicyclic) bond motifs is 1. The van der Waals surface area contributed by atoms with E-state index in [2.05, 4.69) is 111 Å². The van der Waals surface area contributed by atoms with Crippen LogP contribution in [0.3, 0.4) is 0 Å². The van der Waals surface area contributed by atoms with Crippen molar-refractivity contribution in [3.63, 3.8) is 0 Å². The molecule has 1 aliphatic heterocycles. The molecule has 0 amide bonds. The fourth-order valence-corrected chi connectivity index (χ4v) is 4.82. The summed E-state index contributed by atoms with van der Waals surface area (Å²) in [6.45, 7) is 9.33. The Kier molecular flexibility index (Phi) is 6.52. The van der Waals surface area contributed by atoms with E-state index in [-0.39, 0.29) is 5.60 Å². The number of ether oxygens (including phenoxy) is 2. The molecule has 0 radical (unpaired) electrons. The van der Waals surface area contributed by atoms with Crippen LogP contribution in [0.5, 0.6) is 11.5 Å². The van der Waals surface area contributed by atoms with Crippen LogP contribution in [-0.4, -0.2) is 12.7 Å². The third-order valence-electron chi connectivity index (χ3n) is 5.52. The van der Waals surface area contributed by atoms with Crippen molar-refractivity contribution in [2.24, 2.45) is 0 Å². The maximum Gasteiger partial charge on any atom is 0.127 e. The van der Waals surface area contributed by atoms with Crippen LogP contribution in [0.4, 0.5) is 5.69 Å². The molecule has 0 saturated carbocycles. The van der Waals surface area contributed by atoms with Crippen LogP contribution in [0.25, 0.3) is 6.08 Å². The Morgan fingerprint density at radius 2 is 1.78 bits per heavy atom. The number of anilines is 1. The lowest BCUT2D eigenvalue weighted by atomic mass is 10.0. The first-order valence-electron chi connectivity index (χ1n) is 11.0. The highest BCUT2D eigenvalue weighted by atomic mass is 32.2. The van der Waals surface area contributed by atoms with Crippen molar-refractivity contribution in [1.82, 2.24) is 0 Å². The second kappa shape index (κ2) is 9.33. The molecule has 166 valence electrons. The minimum Gasteiger partial charge on any atom is -0.496 e. The fraction of sp³-hybridized carbons (Fsp3) is 0.286. The molecular formula is C28H31NO2S. The highest BCUT2D eigenvalue weighted by molar-refractivity contribution is 8.00. The van der Waals surface area contributed by atoms with Gasteiger partial charge in [0.2, 0.25) is 0 Å². The molecule has 32 heavy (non-hydrogen) atoms. The third-order valence-corrected chi connectivity index (χ3v) is 6.55. The van der Waals surface area contributed by atoms with Gasteiger partial charge in [0.1, 0.15) is 17.1 Å². The number of rotatable bonds is 7. The number of para-hydroxylation sites is 1. The van der Waals surface area contributed by atoms with Crippen molar-refractivity contribution < 1.29 is 9.47 Å². The van der Waals surface area contributed by atoms with Crippen molar-refractivity contribution >= 4 is 23.7 Å². The van der Waals surface area contributed by atoms with Crippen LogP contribution in [0.2, 0.25) is 0 Å². The zero-order valence-electron chi connectivity index (χ0n) is 19.5. The van der Waals surface area contributed by atoms with Crippen LogP contribution in [0.15, 0.2) is 77.7 Å². The molecule has 0 spiro atoms. The van der Waals surface area contributed by atoms with Crippen LogP contribution in [0, 0.1) is 0 Å².